The Labute approximate surface area is 74.9 Å². The van der Waals surface area contributed by atoms with Crippen LogP contribution in [0, 0.1) is 0 Å². The van der Waals surface area contributed by atoms with Gasteiger partial charge in [0.05, 0.1) is 25.9 Å². The maximum absolute atomic E-state index is 4.90. The molecular weight excluding hydrogens is 152 g/mol. The van der Waals surface area contributed by atoms with E-state index in [1.807, 2.05) is 0 Å². The Hall–Kier alpha value is -0.600. The maximum atomic E-state index is 4.90. The Morgan fingerprint density at radius 1 is 1.42 bits per heavy atom. The first-order valence-electron chi connectivity index (χ1n) is 4.26. The van der Waals surface area contributed by atoms with Crippen molar-refractivity contribution in [1.82, 2.24) is 0 Å². The molecule has 2 heteroatoms. The summed E-state index contributed by atoms with van der Waals surface area (Å²) in [6.45, 7) is 11.3. The lowest BCUT2D eigenvalue weighted by Gasteiger charge is -1.89. The van der Waals surface area contributed by atoms with E-state index in [2.05, 4.69) is 20.1 Å². The Balaban J connectivity index is 0.000000211. The van der Waals surface area contributed by atoms with Crippen LogP contribution in [0.25, 0.3) is 0 Å². The zero-order valence-corrected chi connectivity index (χ0v) is 7.79. The fourth-order valence-electron chi connectivity index (χ4n) is 0.538. The van der Waals surface area contributed by atoms with E-state index >= 15 is 0 Å². The van der Waals surface area contributed by atoms with Gasteiger partial charge in [-0.1, -0.05) is 19.1 Å². The molecule has 1 aliphatic rings. The van der Waals surface area contributed by atoms with Gasteiger partial charge >= 0.3 is 0 Å². The van der Waals surface area contributed by atoms with Crippen molar-refractivity contribution in [2.75, 3.05) is 19.8 Å². The van der Waals surface area contributed by atoms with Gasteiger partial charge < -0.3 is 9.47 Å². The van der Waals surface area contributed by atoms with Crippen LogP contribution >= 0.6 is 0 Å². The summed E-state index contributed by atoms with van der Waals surface area (Å²) in [6.07, 6.45) is 5.25. The zero-order chi connectivity index (χ0) is 9.23. The number of hydrogen-bond donors (Lipinski definition) is 0. The van der Waals surface area contributed by atoms with Crippen LogP contribution in [0.15, 0.2) is 25.3 Å². The summed E-state index contributed by atoms with van der Waals surface area (Å²) in [5.74, 6) is 0. The van der Waals surface area contributed by atoms with Gasteiger partial charge in [-0.25, -0.2) is 0 Å². The third-order valence-corrected chi connectivity index (χ3v) is 1.33. The van der Waals surface area contributed by atoms with Crippen molar-refractivity contribution in [3.63, 3.8) is 0 Å². The van der Waals surface area contributed by atoms with Gasteiger partial charge in [0.25, 0.3) is 0 Å². The third-order valence-electron chi connectivity index (χ3n) is 1.33. The lowest BCUT2D eigenvalue weighted by molar-refractivity contribution is 0.194. The molecule has 0 saturated carbocycles. The second-order valence-corrected chi connectivity index (χ2v) is 2.48. The lowest BCUT2D eigenvalue weighted by atomic mass is 10.4. The normalized spacial score (nSPS) is 18.9. The first-order valence-corrected chi connectivity index (χ1v) is 4.26. The minimum absolute atomic E-state index is 0.617. The van der Waals surface area contributed by atoms with Gasteiger partial charge in [-0.05, 0) is 6.42 Å². The largest absolute Gasteiger partial charge is 0.373 e. The van der Waals surface area contributed by atoms with Gasteiger partial charge in [-0.15, -0.1) is 13.2 Å². The lowest BCUT2D eigenvalue weighted by Crippen LogP contribution is -1.87. The van der Waals surface area contributed by atoms with Crippen LogP contribution in [0.5, 0.6) is 0 Å². The molecule has 1 fully saturated rings. The molecule has 0 aromatic rings. The van der Waals surface area contributed by atoms with Crippen molar-refractivity contribution in [1.29, 1.82) is 0 Å². The second kappa shape index (κ2) is 8.50. The first-order chi connectivity index (χ1) is 5.85. The smallest absolute Gasteiger partial charge is 0.0807 e. The fraction of sp³-hybridized carbons (Fsp3) is 0.600. The predicted molar refractivity (Wildman–Crippen MR) is 51.2 cm³/mol. The molecule has 1 aliphatic heterocycles. The second-order valence-electron chi connectivity index (χ2n) is 2.48. The molecule has 0 N–H and O–H groups in total. The van der Waals surface area contributed by atoms with Crippen LogP contribution in [0.4, 0.5) is 0 Å². The van der Waals surface area contributed by atoms with E-state index in [0.29, 0.717) is 19.3 Å². The average Bonchev–Trinajstić information content (AvgIpc) is 2.89. The van der Waals surface area contributed by atoms with Crippen molar-refractivity contribution in [2.24, 2.45) is 0 Å². The monoisotopic (exact) mass is 170 g/mol. The molecule has 0 aromatic carbocycles. The number of rotatable bonds is 5. The third kappa shape index (κ3) is 9.40. The van der Waals surface area contributed by atoms with Gasteiger partial charge in [0.15, 0.2) is 0 Å². The van der Waals surface area contributed by atoms with Crippen LogP contribution in [0.1, 0.15) is 13.3 Å². The summed E-state index contributed by atoms with van der Waals surface area (Å²) in [6, 6.07) is 0. The van der Waals surface area contributed by atoms with E-state index in [4.69, 9.17) is 9.47 Å². The van der Waals surface area contributed by atoms with E-state index < -0.39 is 0 Å². The molecule has 2 nitrogen and oxygen atoms in total. The van der Waals surface area contributed by atoms with E-state index in [1.54, 1.807) is 12.2 Å². The van der Waals surface area contributed by atoms with Crippen molar-refractivity contribution >= 4 is 0 Å². The molecule has 1 atom stereocenters. The van der Waals surface area contributed by atoms with Crippen LogP contribution in [-0.2, 0) is 9.47 Å². The quantitative estimate of drug-likeness (QED) is 0.358. The van der Waals surface area contributed by atoms with E-state index in [-0.39, 0.29) is 0 Å². The predicted octanol–water partition coefficient (Wildman–Crippen LogP) is 2.17. The Morgan fingerprint density at radius 3 is 2.08 bits per heavy atom. The summed E-state index contributed by atoms with van der Waals surface area (Å²) < 4.78 is 9.75. The van der Waals surface area contributed by atoms with Gasteiger partial charge in [0.1, 0.15) is 0 Å². The fourth-order valence-corrected chi connectivity index (χ4v) is 0.538. The highest BCUT2D eigenvalue weighted by atomic mass is 16.6. The van der Waals surface area contributed by atoms with Crippen LogP contribution in [0.2, 0.25) is 0 Å². The zero-order valence-electron chi connectivity index (χ0n) is 7.79. The van der Waals surface area contributed by atoms with Crippen molar-refractivity contribution < 1.29 is 9.47 Å². The molecular formula is C10H18O2. The first kappa shape index (κ1) is 11.4. The molecule has 1 saturated heterocycles. The number of ether oxygens (including phenoxy) is 2. The molecule has 1 unspecified atom stereocenters. The molecule has 0 amide bonds. The Bertz CT molecular complexity index is 109. The van der Waals surface area contributed by atoms with Crippen molar-refractivity contribution in [3.8, 4) is 0 Å². The van der Waals surface area contributed by atoms with Crippen LogP contribution < -0.4 is 0 Å². The number of hydrogen-bond acceptors (Lipinski definition) is 2. The van der Waals surface area contributed by atoms with Crippen molar-refractivity contribution in [2.45, 2.75) is 19.4 Å². The van der Waals surface area contributed by atoms with Crippen LogP contribution in [-0.4, -0.2) is 25.9 Å². The molecule has 0 aliphatic carbocycles. The molecule has 1 rings (SSSR count). The average molecular weight is 170 g/mol. The van der Waals surface area contributed by atoms with Gasteiger partial charge in [0, 0.05) is 0 Å². The molecule has 0 aromatic heterocycles. The minimum atomic E-state index is 0.617. The highest BCUT2D eigenvalue weighted by molar-refractivity contribution is 4.68. The van der Waals surface area contributed by atoms with Gasteiger partial charge in [0.2, 0.25) is 0 Å². The summed E-state index contributed by atoms with van der Waals surface area (Å²) >= 11 is 0. The molecule has 12 heavy (non-hydrogen) atoms. The summed E-state index contributed by atoms with van der Waals surface area (Å²) in [4.78, 5) is 0. The molecule has 0 spiro atoms. The van der Waals surface area contributed by atoms with Gasteiger partial charge in [-0.3, -0.25) is 0 Å². The minimum Gasteiger partial charge on any atom is -0.373 e. The molecule has 70 valence electrons. The van der Waals surface area contributed by atoms with E-state index in [1.165, 1.54) is 6.42 Å². The highest BCUT2D eigenvalue weighted by Crippen LogP contribution is 2.10. The molecule has 1 heterocycles. The summed E-state index contributed by atoms with van der Waals surface area (Å²) in [7, 11) is 0. The van der Waals surface area contributed by atoms with Gasteiger partial charge in [-0.2, -0.15) is 0 Å². The number of epoxide rings is 1. The molecule has 0 radical (unpaired) electrons. The Kier molecular flexibility index (Phi) is 8.07. The SMILES string of the molecule is C=CCOCC=C.CCC1CO1. The highest BCUT2D eigenvalue weighted by Gasteiger charge is 2.18. The summed E-state index contributed by atoms with van der Waals surface area (Å²) in [5, 5.41) is 0. The van der Waals surface area contributed by atoms with E-state index in [0.717, 1.165) is 6.61 Å². The summed E-state index contributed by atoms with van der Waals surface area (Å²) in [5.41, 5.74) is 0. The molecule has 0 bridgehead atoms. The van der Waals surface area contributed by atoms with Crippen LogP contribution in [0.3, 0.4) is 0 Å². The topological polar surface area (TPSA) is 21.8 Å². The maximum Gasteiger partial charge on any atom is 0.0807 e. The van der Waals surface area contributed by atoms with Crippen molar-refractivity contribution in [3.05, 3.63) is 25.3 Å². The van der Waals surface area contributed by atoms with E-state index in [9.17, 15) is 0 Å². The standard InChI is InChI=1S/C6H10O.C4H8O/c1-3-5-7-6-4-2;1-2-4-3-5-4/h3-4H,1-2,5-6H2;4H,2-3H2,1H3. The Morgan fingerprint density at radius 2 is 1.92 bits per heavy atom.